The number of hydrogen-bond acceptors (Lipinski definition) is 3. The summed E-state index contributed by atoms with van der Waals surface area (Å²) in [5.74, 6) is -0.546. The monoisotopic (exact) mass is 432 g/mol. The lowest BCUT2D eigenvalue weighted by Gasteiger charge is -2.15. The summed E-state index contributed by atoms with van der Waals surface area (Å²) in [6, 6.07) is 19.0. The van der Waals surface area contributed by atoms with E-state index >= 15 is 0 Å². The molecule has 6 nitrogen and oxygen atoms in total. The first kappa shape index (κ1) is 21.2. The van der Waals surface area contributed by atoms with Crippen LogP contribution < -0.4 is 15.5 Å². The molecule has 0 spiro atoms. The van der Waals surface area contributed by atoms with Crippen LogP contribution in [0.2, 0.25) is 0 Å². The van der Waals surface area contributed by atoms with E-state index in [1.807, 2.05) is 61.7 Å². The van der Waals surface area contributed by atoms with E-state index in [0.29, 0.717) is 5.75 Å². The molecular formula is C25H23FN3O3+. The van der Waals surface area contributed by atoms with Crippen molar-refractivity contribution in [3.63, 3.8) is 0 Å². The fourth-order valence-electron chi connectivity index (χ4n) is 3.69. The maximum atomic E-state index is 13.2. The first-order valence-electron chi connectivity index (χ1n) is 10.2. The minimum atomic E-state index is -0.860. The minimum absolute atomic E-state index is 0.272. The van der Waals surface area contributed by atoms with E-state index in [1.54, 1.807) is 11.8 Å². The quantitative estimate of drug-likeness (QED) is 0.609. The van der Waals surface area contributed by atoms with Crippen molar-refractivity contribution in [2.45, 2.75) is 19.0 Å². The van der Waals surface area contributed by atoms with Crippen molar-refractivity contribution in [2.24, 2.45) is 0 Å². The lowest BCUT2D eigenvalue weighted by Crippen LogP contribution is -2.42. The van der Waals surface area contributed by atoms with Crippen LogP contribution in [0.4, 0.5) is 4.39 Å². The second-order valence-corrected chi connectivity index (χ2v) is 7.55. The number of rotatable bonds is 5. The van der Waals surface area contributed by atoms with Crippen LogP contribution in [0.15, 0.2) is 72.8 Å². The zero-order valence-corrected chi connectivity index (χ0v) is 17.7. The molecule has 2 atom stereocenters. The average molecular weight is 432 g/mol. The Bertz CT molecular complexity index is 1170. The molecular weight excluding hydrogens is 409 g/mol. The third-order valence-corrected chi connectivity index (χ3v) is 5.45. The van der Waals surface area contributed by atoms with Crippen molar-refractivity contribution in [3.8, 4) is 5.75 Å². The van der Waals surface area contributed by atoms with E-state index in [2.05, 4.69) is 10.7 Å². The van der Waals surface area contributed by atoms with Crippen LogP contribution in [0.1, 0.15) is 33.1 Å². The number of ether oxygens (including phenoxy) is 1. The summed E-state index contributed by atoms with van der Waals surface area (Å²) in [6.45, 7) is 1.99. The lowest BCUT2D eigenvalue weighted by molar-refractivity contribution is -0.596. The molecule has 0 saturated carbocycles. The van der Waals surface area contributed by atoms with Crippen molar-refractivity contribution in [1.82, 2.24) is 10.7 Å². The van der Waals surface area contributed by atoms with Gasteiger partial charge in [-0.2, -0.15) is 0 Å². The van der Waals surface area contributed by atoms with Gasteiger partial charge in [-0.3, -0.25) is 9.59 Å². The lowest BCUT2D eigenvalue weighted by atomic mass is 9.99. The summed E-state index contributed by atoms with van der Waals surface area (Å²) in [7, 11) is 1.58. The van der Waals surface area contributed by atoms with E-state index in [0.717, 1.165) is 16.7 Å². The Labute approximate surface area is 185 Å². The molecule has 0 unspecified atom stereocenters. The molecule has 3 aromatic carbocycles. The van der Waals surface area contributed by atoms with Crippen LogP contribution in [0.3, 0.4) is 0 Å². The summed E-state index contributed by atoms with van der Waals surface area (Å²) < 4.78 is 20.2. The van der Waals surface area contributed by atoms with Gasteiger partial charge in [0.25, 0.3) is 5.91 Å². The number of nitrogens with one attached hydrogen (secondary N) is 2. The SMILES string of the molecule is COc1ccc([C@@H]2[C@@H](NC(=O)c3ccc(F)cc3)C(=O)N/[N+]2=C\c2ccccc2C)cc1. The first-order valence-corrected chi connectivity index (χ1v) is 10.2. The molecule has 1 aliphatic rings. The highest BCUT2D eigenvalue weighted by atomic mass is 19.1. The molecule has 0 radical (unpaired) electrons. The second kappa shape index (κ2) is 9.01. The van der Waals surface area contributed by atoms with Crippen LogP contribution in [0.25, 0.3) is 0 Å². The summed E-state index contributed by atoms with van der Waals surface area (Å²) >= 11 is 0. The predicted octanol–water partition coefficient (Wildman–Crippen LogP) is 3.16. The number of hydrazine groups is 1. The Hall–Kier alpha value is -4.00. The zero-order chi connectivity index (χ0) is 22.7. The van der Waals surface area contributed by atoms with Crippen LogP contribution in [-0.4, -0.2) is 35.9 Å². The number of methoxy groups -OCH3 is 1. The van der Waals surface area contributed by atoms with E-state index in [-0.39, 0.29) is 11.5 Å². The molecule has 32 heavy (non-hydrogen) atoms. The number of halogens is 1. The van der Waals surface area contributed by atoms with Crippen LogP contribution in [0.5, 0.6) is 5.75 Å². The summed E-state index contributed by atoms with van der Waals surface area (Å²) in [4.78, 5) is 25.7. The Balaban J connectivity index is 1.71. The Morgan fingerprint density at radius 3 is 2.41 bits per heavy atom. The molecule has 0 aliphatic carbocycles. The molecule has 0 bridgehead atoms. The Kier molecular flexibility index (Phi) is 5.98. The van der Waals surface area contributed by atoms with Gasteiger partial charge in [-0.15, -0.1) is 10.1 Å². The maximum Gasteiger partial charge on any atom is 0.304 e. The summed E-state index contributed by atoms with van der Waals surface area (Å²) in [5.41, 5.74) is 5.94. The number of hydrogen-bond donors (Lipinski definition) is 2. The van der Waals surface area contributed by atoms with Crippen molar-refractivity contribution < 1.29 is 23.4 Å². The number of aryl methyl sites for hydroxylation is 1. The van der Waals surface area contributed by atoms with Crippen molar-refractivity contribution in [2.75, 3.05) is 7.11 Å². The number of benzene rings is 3. The third-order valence-electron chi connectivity index (χ3n) is 5.45. The highest BCUT2D eigenvalue weighted by molar-refractivity contribution is 5.98. The van der Waals surface area contributed by atoms with Gasteiger partial charge in [0.15, 0.2) is 6.04 Å². The minimum Gasteiger partial charge on any atom is -0.497 e. The highest BCUT2D eigenvalue weighted by Crippen LogP contribution is 2.27. The van der Waals surface area contributed by atoms with Crippen molar-refractivity contribution >= 4 is 18.0 Å². The van der Waals surface area contributed by atoms with Gasteiger partial charge >= 0.3 is 5.91 Å². The normalized spacial score (nSPS) is 19.0. The zero-order valence-electron chi connectivity index (χ0n) is 17.7. The molecule has 0 aromatic heterocycles. The summed E-state index contributed by atoms with van der Waals surface area (Å²) in [5, 5.41) is 2.81. The molecule has 1 aliphatic heterocycles. The standard InChI is InChI=1S/C25H22FN3O3/c1-16-5-3-4-6-19(16)15-29-23(17-9-13-21(32-2)14-10-17)22(25(31)28-29)27-24(30)18-7-11-20(26)12-8-18/h3-15,22-23H,1-2H3,(H-,27,28,30,31)/p+1/b29-15-/t22-,23-/m1/s1. The van der Waals surface area contributed by atoms with Gasteiger partial charge in [0.1, 0.15) is 11.6 Å². The first-order chi connectivity index (χ1) is 15.5. The average Bonchev–Trinajstić information content (AvgIpc) is 3.10. The molecule has 7 heteroatoms. The van der Waals surface area contributed by atoms with Gasteiger partial charge in [-0.05, 0) is 67.1 Å². The van der Waals surface area contributed by atoms with Gasteiger partial charge in [0.05, 0.1) is 7.11 Å². The molecule has 2 N–H and O–H groups in total. The van der Waals surface area contributed by atoms with Crippen LogP contribution >= 0.6 is 0 Å². The fourth-order valence-corrected chi connectivity index (χ4v) is 3.69. The molecule has 2 amide bonds. The van der Waals surface area contributed by atoms with Crippen molar-refractivity contribution in [3.05, 3.63) is 101 Å². The van der Waals surface area contributed by atoms with E-state index in [4.69, 9.17) is 4.74 Å². The fraction of sp³-hybridized carbons (Fsp3) is 0.160. The molecule has 3 aromatic rings. The van der Waals surface area contributed by atoms with E-state index in [1.165, 1.54) is 24.3 Å². The number of carbonyl (C=O) groups is 2. The second-order valence-electron chi connectivity index (χ2n) is 7.55. The maximum absolute atomic E-state index is 13.2. The van der Waals surface area contributed by atoms with Crippen LogP contribution in [0, 0.1) is 12.7 Å². The number of hydrazone groups is 1. The largest absolute Gasteiger partial charge is 0.497 e. The smallest absolute Gasteiger partial charge is 0.304 e. The topological polar surface area (TPSA) is 70.4 Å². The number of nitrogens with zero attached hydrogens (tertiary/aromatic N) is 1. The van der Waals surface area contributed by atoms with Crippen LogP contribution in [-0.2, 0) is 4.79 Å². The molecule has 1 fully saturated rings. The molecule has 4 rings (SSSR count). The van der Waals surface area contributed by atoms with Gasteiger partial charge < -0.3 is 10.1 Å². The predicted molar refractivity (Wildman–Crippen MR) is 118 cm³/mol. The summed E-state index contributed by atoms with van der Waals surface area (Å²) in [6.07, 6.45) is 1.85. The number of carbonyl (C=O) groups excluding carboxylic acids is 2. The van der Waals surface area contributed by atoms with Crippen molar-refractivity contribution in [1.29, 1.82) is 0 Å². The molecule has 1 saturated heterocycles. The Morgan fingerprint density at radius 1 is 1.06 bits per heavy atom. The van der Waals surface area contributed by atoms with Gasteiger partial charge in [0, 0.05) is 16.7 Å². The Morgan fingerprint density at radius 2 is 1.75 bits per heavy atom. The number of amides is 2. The molecule has 1 heterocycles. The van der Waals surface area contributed by atoms with Gasteiger partial charge in [-0.25, -0.2) is 4.39 Å². The highest BCUT2D eigenvalue weighted by Gasteiger charge is 2.47. The molecule has 162 valence electrons. The van der Waals surface area contributed by atoms with Gasteiger partial charge in [-0.1, -0.05) is 18.2 Å². The van der Waals surface area contributed by atoms with Gasteiger partial charge in [0.2, 0.25) is 12.3 Å². The van der Waals surface area contributed by atoms with E-state index in [9.17, 15) is 14.0 Å². The third kappa shape index (κ3) is 4.37. The van der Waals surface area contributed by atoms with E-state index < -0.39 is 23.8 Å².